The molecule has 0 spiro atoms. The molecule has 1 unspecified atom stereocenters. The zero-order valence-electron chi connectivity index (χ0n) is 10.9. The van der Waals surface area contributed by atoms with Crippen molar-refractivity contribution in [3.8, 4) is 0 Å². The van der Waals surface area contributed by atoms with E-state index in [1.165, 1.54) is 6.07 Å². The van der Waals surface area contributed by atoms with Gasteiger partial charge in [-0.1, -0.05) is 12.2 Å². The van der Waals surface area contributed by atoms with Crippen molar-refractivity contribution in [3.63, 3.8) is 0 Å². The Morgan fingerprint density at radius 3 is 2.59 bits per heavy atom. The van der Waals surface area contributed by atoms with Crippen LogP contribution in [0.25, 0.3) is 0 Å². The lowest BCUT2D eigenvalue weighted by atomic mass is 10.0. The van der Waals surface area contributed by atoms with E-state index in [0.717, 1.165) is 11.3 Å². The van der Waals surface area contributed by atoms with Crippen LogP contribution < -0.4 is 4.90 Å². The van der Waals surface area contributed by atoms with Crippen molar-refractivity contribution in [1.29, 1.82) is 0 Å². The van der Waals surface area contributed by atoms with E-state index in [9.17, 15) is 9.50 Å². The number of rotatable bonds is 4. The van der Waals surface area contributed by atoms with Crippen LogP contribution in [0.4, 0.5) is 10.1 Å². The molecule has 94 valence electrons. The number of anilines is 1. The molecule has 0 saturated carbocycles. The maximum absolute atomic E-state index is 13.5. The molecule has 0 aliphatic rings. The molecule has 0 amide bonds. The molecule has 1 N–H and O–H groups in total. The van der Waals surface area contributed by atoms with Gasteiger partial charge in [-0.25, -0.2) is 4.39 Å². The molecule has 1 atom stereocenters. The van der Waals surface area contributed by atoms with Crippen molar-refractivity contribution >= 4 is 5.69 Å². The lowest BCUT2D eigenvalue weighted by Crippen LogP contribution is -2.21. The highest BCUT2D eigenvalue weighted by atomic mass is 19.1. The van der Waals surface area contributed by atoms with Gasteiger partial charge in [-0.3, -0.25) is 0 Å². The Bertz CT molecular complexity index is 426. The van der Waals surface area contributed by atoms with E-state index in [-0.39, 0.29) is 5.82 Å². The molecule has 1 aromatic rings. The molecule has 2 nitrogen and oxygen atoms in total. The van der Waals surface area contributed by atoms with E-state index in [1.54, 1.807) is 19.9 Å². The summed E-state index contributed by atoms with van der Waals surface area (Å²) in [6.45, 7) is 9.84. The van der Waals surface area contributed by atoms with Gasteiger partial charge in [-0.15, -0.1) is 0 Å². The van der Waals surface area contributed by atoms with Crippen LogP contribution in [-0.4, -0.2) is 18.7 Å². The summed E-state index contributed by atoms with van der Waals surface area (Å²) in [5.41, 5.74) is 3.06. The number of aryl methyl sites for hydroxylation is 1. The van der Waals surface area contributed by atoms with Gasteiger partial charge in [0.25, 0.3) is 0 Å². The zero-order valence-corrected chi connectivity index (χ0v) is 10.9. The Balaban J connectivity index is 3.20. The Morgan fingerprint density at radius 2 is 2.12 bits per heavy atom. The molecule has 0 aromatic heterocycles. The molecule has 0 saturated heterocycles. The van der Waals surface area contributed by atoms with E-state index in [0.29, 0.717) is 17.7 Å². The predicted molar refractivity (Wildman–Crippen MR) is 69.9 cm³/mol. The van der Waals surface area contributed by atoms with Crippen molar-refractivity contribution in [2.24, 2.45) is 0 Å². The fourth-order valence-corrected chi connectivity index (χ4v) is 1.84. The number of aliphatic hydroxyl groups is 1. The van der Waals surface area contributed by atoms with Crippen LogP contribution in [0.2, 0.25) is 0 Å². The third-order valence-corrected chi connectivity index (χ3v) is 2.68. The third kappa shape index (κ3) is 3.30. The molecule has 0 aliphatic heterocycles. The average molecular weight is 237 g/mol. The third-order valence-electron chi connectivity index (χ3n) is 2.68. The summed E-state index contributed by atoms with van der Waals surface area (Å²) in [7, 11) is 1.91. The first-order valence-electron chi connectivity index (χ1n) is 5.66. The minimum Gasteiger partial charge on any atom is -0.389 e. The number of nitrogens with zero attached hydrogens (tertiary/aromatic N) is 1. The number of hydrogen-bond acceptors (Lipinski definition) is 2. The molecule has 3 heteroatoms. The molecule has 0 radical (unpaired) electrons. The molecule has 0 heterocycles. The molecular weight excluding hydrogens is 217 g/mol. The van der Waals surface area contributed by atoms with Crippen LogP contribution in [0.3, 0.4) is 0 Å². The number of hydrogen-bond donors (Lipinski definition) is 1. The quantitative estimate of drug-likeness (QED) is 0.813. The highest BCUT2D eigenvalue weighted by molar-refractivity contribution is 5.56. The van der Waals surface area contributed by atoms with Crippen LogP contribution >= 0.6 is 0 Å². The normalized spacial score (nSPS) is 12.4. The Morgan fingerprint density at radius 1 is 1.53 bits per heavy atom. The second-order valence-corrected chi connectivity index (χ2v) is 4.65. The fourth-order valence-electron chi connectivity index (χ4n) is 1.84. The molecule has 0 fully saturated rings. The summed E-state index contributed by atoms with van der Waals surface area (Å²) < 4.78 is 13.5. The van der Waals surface area contributed by atoms with Gasteiger partial charge >= 0.3 is 0 Å². The molecule has 0 bridgehead atoms. The predicted octanol–water partition coefficient (Wildman–Crippen LogP) is 3.20. The van der Waals surface area contributed by atoms with Crippen molar-refractivity contribution in [2.75, 3.05) is 18.5 Å². The largest absolute Gasteiger partial charge is 0.389 e. The van der Waals surface area contributed by atoms with Crippen molar-refractivity contribution in [1.82, 2.24) is 0 Å². The minimum absolute atomic E-state index is 0.284. The maximum Gasteiger partial charge on any atom is 0.126 e. The maximum atomic E-state index is 13.5. The lowest BCUT2D eigenvalue weighted by molar-refractivity contribution is 0.199. The minimum atomic E-state index is -0.687. The number of likely N-dealkylation sites (N-methyl/N-ethyl adjacent to an activating group) is 1. The average Bonchev–Trinajstić information content (AvgIpc) is 2.19. The summed E-state index contributed by atoms with van der Waals surface area (Å²) in [5.74, 6) is -0.284. The van der Waals surface area contributed by atoms with E-state index in [1.807, 2.05) is 18.9 Å². The van der Waals surface area contributed by atoms with Crippen molar-refractivity contribution in [2.45, 2.75) is 26.9 Å². The molecule has 17 heavy (non-hydrogen) atoms. The second-order valence-electron chi connectivity index (χ2n) is 4.65. The summed E-state index contributed by atoms with van der Waals surface area (Å²) in [5, 5.41) is 9.69. The van der Waals surface area contributed by atoms with E-state index in [2.05, 4.69) is 6.58 Å². The number of benzene rings is 1. The van der Waals surface area contributed by atoms with Gasteiger partial charge in [0, 0.05) is 24.8 Å². The number of aliphatic hydroxyl groups excluding tert-OH is 1. The van der Waals surface area contributed by atoms with Crippen LogP contribution in [0, 0.1) is 12.7 Å². The van der Waals surface area contributed by atoms with Crippen molar-refractivity contribution in [3.05, 3.63) is 41.2 Å². The zero-order chi connectivity index (χ0) is 13.2. The van der Waals surface area contributed by atoms with Crippen LogP contribution in [0.1, 0.15) is 31.1 Å². The SMILES string of the molecule is C=C(C)CN(C)c1cc(C)c(F)cc1C(C)O. The fraction of sp³-hybridized carbons (Fsp3) is 0.429. The molecule has 0 aliphatic carbocycles. The van der Waals surface area contributed by atoms with E-state index in [4.69, 9.17) is 0 Å². The Kier molecular flexibility index (Phi) is 4.29. The highest BCUT2D eigenvalue weighted by Crippen LogP contribution is 2.28. The molecular formula is C14H20FNO. The van der Waals surface area contributed by atoms with Gasteiger partial charge in [0.05, 0.1) is 6.10 Å². The van der Waals surface area contributed by atoms with Gasteiger partial charge in [-0.2, -0.15) is 0 Å². The molecule has 1 aromatic carbocycles. The smallest absolute Gasteiger partial charge is 0.126 e. The standard InChI is InChI=1S/C14H20FNO/c1-9(2)8-16(5)14-6-10(3)13(15)7-12(14)11(4)17/h6-7,11,17H,1,8H2,2-5H3. The number of halogens is 1. The summed E-state index contributed by atoms with van der Waals surface area (Å²) in [6.07, 6.45) is -0.687. The van der Waals surface area contributed by atoms with Crippen LogP contribution in [0.15, 0.2) is 24.3 Å². The van der Waals surface area contributed by atoms with Crippen molar-refractivity contribution < 1.29 is 9.50 Å². The Hall–Kier alpha value is -1.35. The van der Waals surface area contributed by atoms with Gasteiger partial charge in [0.15, 0.2) is 0 Å². The van der Waals surface area contributed by atoms with E-state index < -0.39 is 6.10 Å². The monoisotopic (exact) mass is 237 g/mol. The highest BCUT2D eigenvalue weighted by Gasteiger charge is 2.14. The summed E-state index contributed by atoms with van der Waals surface area (Å²) >= 11 is 0. The first-order valence-corrected chi connectivity index (χ1v) is 5.66. The first-order chi connectivity index (χ1) is 7.82. The first kappa shape index (κ1) is 13.7. The topological polar surface area (TPSA) is 23.5 Å². The second kappa shape index (κ2) is 5.32. The van der Waals surface area contributed by atoms with Gasteiger partial charge in [-0.05, 0) is 38.5 Å². The van der Waals surface area contributed by atoms with E-state index >= 15 is 0 Å². The van der Waals surface area contributed by atoms with Crippen LogP contribution in [0.5, 0.6) is 0 Å². The van der Waals surface area contributed by atoms with Crippen LogP contribution in [-0.2, 0) is 0 Å². The van der Waals surface area contributed by atoms with Gasteiger partial charge in [0.2, 0.25) is 0 Å². The summed E-state index contributed by atoms with van der Waals surface area (Å²) in [6, 6.07) is 3.17. The summed E-state index contributed by atoms with van der Waals surface area (Å²) in [4.78, 5) is 1.97. The lowest BCUT2D eigenvalue weighted by Gasteiger charge is -2.24. The van der Waals surface area contributed by atoms with Gasteiger partial charge < -0.3 is 10.0 Å². The van der Waals surface area contributed by atoms with Gasteiger partial charge in [0.1, 0.15) is 5.82 Å². The molecule has 1 rings (SSSR count). The Labute approximate surface area is 102 Å².